The van der Waals surface area contributed by atoms with Crippen molar-refractivity contribution in [3.05, 3.63) is 30.0 Å². The Morgan fingerprint density at radius 2 is 1.85 bits per heavy atom. The number of piperidine rings is 1. The molecule has 0 radical (unpaired) electrons. The van der Waals surface area contributed by atoms with Crippen molar-refractivity contribution in [3.8, 4) is 5.75 Å². The maximum Gasteiger partial charge on any atom is 0.117 e. The zero-order valence-electron chi connectivity index (χ0n) is 12.5. The van der Waals surface area contributed by atoms with E-state index in [1.807, 2.05) is 12.1 Å². The molecule has 0 bridgehead atoms. The third-order valence-electron chi connectivity index (χ3n) is 4.26. The molecular weight excluding hydrogens is 248 g/mol. The highest BCUT2D eigenvalue weighted by molar-refractivity contribution is 5.83. The van der Waals surface area contributed by atoms with Crippen LogP contribution in [0.4, 0.5) is 0 Å². The van der Waals surface area contributed by atoms with Gasteiger partial charge in [0.1, 0.15) is 5.75 Å². The summed E-state index contributed by atoms with van der Waals surface area (Å²) in [6, 6.07) is 8.37. The smallest absolute Gasteiger partial charge is 0.117 e. The van der Waals surface area contributed by atoms with E-state index in [2.05, 4.69) is 29.4 Å². The van der Waals surface area contributed by atoms with Crippen LogP contribution in [0.5, 0.6) is 5.75 Å². The van der Waals surface area contributed by atoms with Crippen LogP contribution in [0.3, 0.4) is 0 Å². The number of aromatic hydroxyl groups is 1. The van der Waals surface area contributed by atoms with Gasteiger partial charge in [-0.2, -0.15) is 0 Å². The van der Waals surface area contributed by atoms with Crippen LogP contribution in [-0.2, 0) is 6.54 Å². The van der Waals surface area contributed by atoms with Gasteiger partial charge in [-0.05, 0) is 58.0 Å². The first-order valence-electron chi connectivity index (χ1n) is 7.70. The van der Waals surface area contributed by atoms with Crippen LogP contribution in [-0.4, -0.2) is 27.7 Å². The van der Waals surface area contributed by atoms with Gasteiger partial charge in [0, 0.05) is 29.7 Å². The zero-order chi connectivity index (χ0) is 14.1. The maximum absolute atomic E-state index is 9.74. The highest BCUT2D eigenvalue weighted by Gasteiger charge is 2.16. The van der Waals surface area contributed by atoms with Crippen LogP contribution in [0.25, 0.3) is 10.9 Å². The number of hydrogen-bond donors (Lipinski definition) is 1. The van der Waals surface area contributed by atoms with Gasteiger partial charge in [0.15, 0.2) is 0 Å². The number of benzene rings is 1. The molecule has 1 aromatic carbocycles. The standard InChI is InChI=1S/C17H24N2O/c1-13(2)19-15(12-18-8-4-3-5-9-18)10-14-6-7-16(20)11-17(14)19/h6-7,10-11,13,20H,3-5,8-9,12H2,1-2H3. The number of nitrogens with zero attached hydrogens (tertiary/aromatic N) is 2. The SMILES string of the molecule is CC(C)n1c(CN2CCCCC2)cc2ccc(O)cc21. The van der Waals surface area contributed by atoms with Gasteiger partial charge >= 0.3 is 0 Å². The molecule has 3 nitrogen and oxygen atoms in total. The lowest BCUT2D eigenvalue weighted by molar-refractivity contribution is 0.215. The lowest BCUT2D eigenvalue weighted by atomic mass is 10.1. The van der Waals surface area contributed by atoms with Crippen LogP contribution < -0.4 is 0 Å². The first-order valence-corrected chi connectivity index (χ1v) is 7.70. The molecule has 0 saturated carbocycles. The highest BCUT2D eigenvalue weighted by Crippen LogP contribution is 2.28. The molecule has 3 heteroatoms. The van der Waals surface area contributed by atoms with Gasteiger partial charge in [0.25, 0.3) is 0 Å². The number of phenolic OH excluding ortho intramolecular Hbond substituents is 1. The van der Waals surface area contributed by atoms with Crippen molar-refractivity contribution in [2.45, 2.75) is 45.7 Å². The number of aromatic nitrogens is 1. The zero-order valence-corrected chi connectivity index (χ0v) is 12.5. The number of phenols is 1. The Kier molecular flexibility index (Phi) is 3.70. The molecule has 1 saturated heterocycles. The minimum absolute atomic E-state index is 0.349. The quantitative estimate of drug-likeness (QED) is 0.917. The maximum atomic E-state index is 9.74. The third-order valence-corrected chi connectivity index (χ3v) is 4.26. The Bertz CT molecular complexity index is 594. The van der Waals surface area contributed by atoms with Gasteiger partial charge in [-0.15, -0.1) is 0 Å². The molecule has 0 unspecified atom stereocenters. The molecule has 0 amide bonds. The molecule has 0 spiro atoms. The lowest BCUT2D eigenvalue weighted by Gasteiger charge is -2.27. The van der Waals surface area contributed by atoms with E-state index in [1.165, 1.54) is 43.4 Å². The summed E-state index contributed by atoms with van der Waals surface area (Å²) in [5, 5.41) is 11.0. The number of rotatable bonds is 3. The first-order chi connectivity index (χ1) is 9.65. The number of fused-ring (bicyclic) bond motifs is 1. The van der Waals surface area contributed by atoms with Gasteiger partial charge in [-0.1, -0.05) is 6.42 Å². The lowest BCUT2D eigenvalue weighted by Crippen LogP contribution is -2.30. The van der Waals surface area contributed by atoms with Gasteiger partial charge in [0.2, 0.25) is 0 Å². The Morgan fingerprint density at radius 1 is 1.10 bits per heavy atom. The summed E-state index contributed by atoms with van der Waals surface area (Å²) >= 11 is 0. The average Bonchev–Trinajstić information content (AvgIpc) is 2.77. The molecule has 1 aliphatic rings. The van der Waals surface area contributed by atoms with Gasteiger partial charge in [0.05, 0.1) is 5.52 Å². The summed E-state index contributed by atoms with van der Waals surface area (Å²) in [5.41, 5.74) is 2.51. The van der Waals surface area contributed by atoms with Crippen LogP contribution in [0.15, 0.2) is 24.3 Å². The molecule has 0 atom stereocenters. The van der Waals surface area contributed by atoms with Gasteiger partial charge < -0.3 is 9.67 Å². The van der Waals surface area contributed by atoms with Crippen LogP contribution in [0.1, 0.15) is 44.8 Å². The summed E-state index contributed by atoms with van der Waals surface area (Å²) in [7, 11) is 0. The normalized spacial score (nSPS) is 17.1. The second-order valence-corrected chi connectivity index (χ2v) is 6.18. The van der Waals surface area contributed by atoms with Crippen molar-refractivity contribution in [2.75, 3.05) is 13.1 Å². The van der Waals surface area contributed by atoms with Crippen molar-refractivity contribution in [1.29, 1.82) is 0 Å². The third kappa shape index (κ3) is 2.55. The molecule has 1 N–H and O–H groups in total. The fourth-order valence-electron chi connectivity index (χ4n) is 3.34. The van der Waals surface area contributed by atoms with Crippen molar-refractivity contribution >= 4 is 10.9 Å². The predicted octanol–water partition coefficient (Wildman–Crippen LogP) is 3.91. The molecule has 3 rings (SSSR count). The van der Waals surface area contributed by atoms with E-state index in [0.29, 0.717) is 11.8 Å². The van der Waals surface area contributed by atoms with Crippen molar-refractivity contribution in [1.82, 2.24) is 9.47 Å². The summed E-state index contributed by atoms with van der Waals surface area (Å²) in [6.45, 7) is 7.87. The van der Waals surface area contributed by atoms with Crippen molar-refractivity contribution in [2.24, 2.45) is 0 Å². The fraction of sp³-hybridized carbons (Fsp3) is 0.529. The van der Waals surface area contributed by atoms with E-state index in [-0.39, 0.29) is 0 Å². The van der Waals surface area contributed by atoms with Crippen molar-refractivity contribution < 1.29 is 5.11 Å². The number of hydrogen-bond acceptors (Lipinski definition) is 2. The molecule has 1 fully saturated rings. The van der Waals surface area contributed by atoms with Crippen LogP contribution in [0, 0.1) is 0 Å². The van der Waals surface area contributed by atoms with E-state index in [1.54, 1.807) is 6.07 Å². The fourth-order valence-corrected chi connectivity index (χ4v) is 3.34. The Labute approximate surface area is 120 Å². The second-order valence-electron chi connectivity index (χ2n) is 6.18. The topological polar surface area (TPSA) is 28.4 Å². The van der Waals surface area contributed by atoms with Crippen LogP contribution in [0.2, 0.25) is 0 Å². The Morgan fingerprint density at radius 3 is 2.55 bits per heavy atom. The van der Waals surface area contributed by atoms with Crippen LogP contribution >= 0.6 is 0 Å². The van der Waals surface area contributed by atoms with Gasteiger partial charge in [-0.3, -0.25) is 4.90 Å². The van der Waals surface area contributed by atoms with E-state index in [4.69, 9.17) is 0 Å². The first kappa shape index (κ1) is 13.5. The summed E-state index contributed by atoms with van der Waals surface area (Å²) in [6.07, 6.45) is 4.02. The Hall–Kier alpha value is -1.48. The second kappa shape index (κ2) is 5.49. The van der Waals surface area contributed by atoms with Crippen molar-refractivity contribution in [3.63, 3.8) is 0 Å². The molecule has 1 aliphatic heterocycles. The number of likely N-dealkylation sites (tertiary alicyclic amines) is 1. The minimum atomic E-state index is 0.349. The largest absolute Gasteiger partial charge is 0.508 e. The van der Waals surface area contributed by atoms with E-state index in [9.17, 15) is 5.11 Å². The summed E-state index contributed by atoms with van der Waals surface area (Å²) in [5.74, 6) is 0.349. The summed E-state index contributed by atoms with van der Waals surface area (Å²) < 4.78 is 2.36. The van der Waals surface area contributed by atoms with E-state index in [0.717, 1.165) is 12.1 Å². The average molecular weight is 272 g/mol. The minimum Gasteiger partial charge on any atom is -0.508 e. The molecule has 0 aliphatic carbocycles. The molecule has 2 aromatic rings. The monoisotopic (exact) mass is 272 g/mol. The highest BCUT2D eigenvalue weighted by atomic mass is 16.3. The molecule has 20 heavy (non-hydrogen) atoms. The van der Waals surface area contributed by atoms with E-state index >= 15 is 0 Å². The molecule has 108 valence electrons. The molecule has 1 aromatic heterocycles. The molecule has 2 heterocycles. The predicted molar refractivity (Wildman–Crippen MR) is 83.1 cm³/mol. The molecular formula is C17H24N2O. The van der Waals surface area contributed by atoms with E-state index < -0.39 is 0 Å². The summed E-state index contributed by atoms with van der Waals surface area (Å²) in [4.78, 5) is 2.55. The van der Waals surface area contributed by atoms with Gasteiger partial charge in [-0.25, -0.2) is 0 Å². The Balaban J connectivity index is 1.98.